The number of nitrogens with one attached hydrogen (secondary N) is 1. The normalized spacial score (nSPS) is 17.9. The second-order valence-electron chi connectivity index (χ2n) is 6.16. The number of benzene rings is 1. The summed E-state index contributed by atoms with van der Waals surface area (Å²) < 4.78 is 1.97. The molecule has 1 aliphatic heterocycles. The van der Waals surface area contributed by atoms with Crippen LogP contribution in [0.4, 0.5) is 0 Å². The number of piperazine rings is 1. The van der Waals surface area contributed by atoms with Crippen LogP contribution in [0, 0.1) is 12.6 Å². The third kappa shape index (κ3) is 4.60. The van der Waals surface area contributed by atoms with Crippen molar-refractivity contribution in [2.45, 2.75) is 19.9 Å². The highest BCUT2D eigenvalue weighted by atomic mass is 127. The summed E-state index contributed by atoms with van der Waals surface area (Å²) in [7, 11) is 0. The van der Waals surface area contributed by atoms with Gasteiger partial charge in [0.05, 0.1) is 3.57 Å². The topological polar surface area (TPSA) is 55.7 Å². The van der Waals surface area contributed by atoms with Crippen molar-refractivity contribution in [3.8, 4) is 5.75 Å². The SMILES string of the molecule is CC(C)(CO)[C@H](c1cc(I)cc(I)c1O)N1CCNCC1.Cl. The maximum atomic E-state index is 10.5. The van der Waals surface area contributed by atoms with E-state index in [9.17, 15) is 10.2 Å². The molecule has 2 rings (SSSR count). The van der Waals surface area contributed by atoms with Crippen molar-refractivity contribution >= 4 is 57.6 Å². The fourth-order valence-electron chi connectivity index (χ4n) is 2.93. The zero-order chi connectivity index (χ0) is 15.6. The minimum Gasteiger partial charge on any atom is -0.506 e. The molecule has 0 radical (unpaired) electrons. The number of nitrogens with zero attached hydrogens (tertiary/aromatic N) is 1. The van der Waals surface area contributed by atoms with Crippen LogP contribution in [0.15, 0.2) is 12.1 Å². The molecule has 0 saturated carbocycles. The number of hydrogen-bond donors (Lipinski definition) is 3. The van der Waals surface area contributed by atoms with Gasteiger partial charge in [-0.25, -0.2) is 0 Å². The summed E-state index contributed by atoms with van der Waals surface area (Å²) in [6.07, 6.45) is 0. The number of aliphatic hydroxyl groups is 1. The molecule has 22 heavy (non-hydrogen) atoms. The molecular weight excluding hydrogens is 529 g/mol. The number of aromatic hydroxyl groups is 1. The van der Waals surface area contributed by atoms with Gasteiger partial charge in [0.15, 0.2) is 0 Å². The molecule has 1 saturated heterocycles. The first-order chi connectivity index (χ1) is 9.86. The van der Waals surface area contributed by atoms with Gasteiger partial charge in [-0.1, -0.05) is 13.8 Å². The Morgan fingerprint density at radius 3 is 2.41 bits per heavy atom. The predicted octanol–water partition coefficient (Wildman–Crippen LogP) is 2.99. The Balaban J connectivity index is 0.00000242. The molecular formula is C15H23ClI2N2O2. The van der Waals surface area contributed by atoms with E-state index in [4.69, 9.17) is 0 Å². The molecule has 1 aromatic rings. The van der Waals surface area contributed by atoms with Crippen molar-refractivity contribution < 1.29 is 10.2 Å². The molecule has 126 valence electrons. The second-order valence-corrected chi connectivity index (χ2v) is 8.57. The lowest BCUT2D eigenvalue weighted by Crippen LogP contribution is -2.49. The van der Waals surface area contributed by atoms with Crippen molar-refractivity contribution in [1.29, 1.82) is 0 Å². The molecule has 3 N–H and O–H groups in total. The molecule has 4 nitrogen and oxygen atoms in total. The summed E-state index contributed by atoms with van der Waals surface area (Å²) in [5, 5.41) is 23.8. The van der Waals surface area contributed by atoms with Crippen molar-refractivity contribution in [1.82, 2.24) is 10.2 Å². The fourth-order valence-corrected chi connectivity index (χ4v) is 4.82. The summed E-state index contributed by atoms with van der Waals surface area (Å²) in [6.45, 7) is 7.95. The van der Waals surface area contributed by atoms with Gasteiger partial charge in [-0.15, -0.1) is 12.4 Å². The van der Waals surface area contributed by atoms with E-state index in [2.05, 4.69) is 69.2 Å². The highest BCUT2D eigenvalue weighted by molar-refractivity contribution is 14.1. The van der Waals surface area contributed by atoms with Crippen LogP contribution in [0.25, 0.3) is 0 Å². The molecule has 1 heterocycles. The Labute approximate surface area is 165 Å². The van der Waals surface area contributed by atoms with E-state index >= 15 is 0 Å². The Morgan fingerprint density at radius 1 is 1.27 bits per heavy atom. The lowest BCUT2D eigenvalue weighted by atomic mass is 9.79. The summed E-state index contributed by atoms with van der Waals surface area (Å²) in [5.74, 6) is 0.348. The van der Waals surface area contributed by atoms with E-state index in [1.54, 1.807) is 0 Å². The second kappa shape index (κ2) is 8.66. The molecule has 1 aromatic carbocycles. The molecule has 1 fully saturated rings. The Hall–Kier alpha value is 0.650. The van der Waals surface area contributed by atoms with E-state index in [1.807, 2.05) is 12.1 Å². The zero-order valence-electron chi connectivity index (χ0n) is 12.8. The van der Waals surface area contributed by atoms with E-state index in [-0.39, 0.29) is 30.5 Å². The number of aliphatic hydroxyl groups excluding tert-OH is 1. The van der Waals surface area contributed by atoms with Gasteiger partial charge < -0.3 is 15.5 Å². The maximum absolute atomic E-state index is 10.5. The van der Waals surface area contributed by atoms with Gasteiger partial charge in [0.2, 0.25) is 0 Å². The minimum atomic E-state index is -0.317. The quantitative estimate of drug-likeness (QED) is 0.503. The molecule has 1 aliphatic rings. The standard InChI is InChI=1S/C15H22I2N2O2.ClH/c1-15(2,9-20)14(19-5-3-18-4-6-19)11-7-10(16)8-12(17)13(11)21;/h7-8,14,18,20-21H,3-6,9H2,1-2H3;1H/t14-;/m0./s1. The van der Waals surface area contributed by atoms with Crippen LogP contribution in [0.2, 0.25) is 0 Å². The lowest BCUT2D eigenvalue weighted by Gasteiger charge is -2.43. The monoisotopic (exact) mass is 552 g/mol. The van der Waals surface area contributed by atoms with Crippen LogP contribution in [0.3, 0.4) is 0 Å². The number of halogens is 3. The molecule has 7 heteroatoms. The number of rotatable bonds is 4. The molecule has 0 bridgehead atoms. The van der Waals surface area contributed by atoms with Crippen LogP contribution in [0.5, 0.6) is 5.75 Å². The van der Waals surface area contributed by atoms with E-state index in [0.717, 1.165) is 38.9 Å². The van der Waals surface area contributed by atoms with Crippen LogP contribution in [-0.4, -0.2) is 47.9 Å². The summed E-state index contributed by atoms with van der Waals surface area (Å²) in [6, 6.07) is 4.02. The molecule has 1 atom stereocenters. The first-order valence-corrected chi connectivity index (χ1v) is 9.26. The fraction of sp³-hybridized carbons (Fsp3) is 0.600. The first kappa shape index (κ1) is 20.7. The van der Waals surface area contributed by atoms with Crippen molar-refractivity contribution in [3.05, 3.63) is 24.8 Å². The smallest absolute Gasteiger partial charge is 0.133 e. The Morgan fingerprint density at radius 2 is 1.86 bits per heavy atom. The summed E-state index contributed by atoms with van der Waals surface area (Å²) in [5.41, 5.74) is 0.606. The van der Waals surface area contributed by atoms with Crippen LogP contribution < -0.4 is 5.32 Å². The minimum absolute atomic E-state index is 0. The van der Waals surface area contributed by atoms with Crippen LogP contribution in [0.1, 0.15) is 25.5 Å². The maximum Gasteiger partial charge on any atom is 0.133 e. The molecule has 0 aromatic heterocycles. The number of phenols is 1. The van der Waals surface area contributed by atoms with Gasteiger partial charge in [-0.05, 0) is 57.3 Å². The molecule has 0 spiro atoms. The molecule has 0 aliphatic carbocycles. The summed E-state index contributed by atoms with van der Waals surface area (Å²) >= 11 is 4.45. The average molecular weight is 553 g/mol. The lowest BCUT2D eigenvalue weighted by molar-refractivity contribution is 0.0292. The van der Waals surface area contributed by atoms with Crippen LogP contribution >= 0.6 is 57.6 Å². The third-order valence-electron chi connectivity index (χ3n) is 4.02. The van der Waals surface area contributed by atoms with Gasteiger partial charge in [0.1, 0.15) is 5.75 Å². The first-order valence-electron chi connectivity index (χ1n) is 7.10. The summed E-state index contributed by atoms with van der Waals surface area (Å²) in [4.78, 5) is 2.37. The van der Waals surface area contributed by atoms with E-state index in [1.165, 1.54) is 0 Å². The highest BCUT2D eigenvalue weighted by Gasteiger charge is 2.37. The Kier molecular flexibility index (Phi) is 8.15. The van der Waals surface area contributed by atoms with Crippen LogP contribution in [-0.2, 0) is 0 Å². The van der Waals surface area contributed by atoms with Crippen molar-refractivity contribution in [2.75, 3.05) is 32.8 Å². The largest absolute Gasteiger partial charge is 0.506 e. The highest BCUT2D eigenvalue weighted by Crippen LogP contribution is 2.43. The molecule has 0 amide bonds. The van der Waals surface area contributed by atoms with E-state index < -0.39 is 0 Å². The van der Waals surface area contributed by atoms with E-state index in [0.29, 0.717) is 5.75 Å². The predicted molar refractivity (Wildman–Crippen MR) is 109 cm³/mol. The van der Waals surface area contributed by atoms with Gasteiger partial charge >= 0.3 is 0 Å². The Bertz CT molecular complexity index is 509. The number of phenolic OH excluding ortho intramolecular Hbond substituents is 1. The van der Waals surface area contributed by atoms with Crippen molar-refractivity contribution in [3.63, 3.8) is 0 Å². The van der Waals surface area contributed by atoms with Gasteiger partial charge in [-0.3, -0.25) is 4.90 Å². The average Bonchev–Trinajstić information content (AvgIpc) is 2.45. The molecule has 0 unspecified atom stereocenters. The van der Waals surface area contributed by atoms with Gasteiger partial charge in [0, 0.05) is 53.4 Å². The van der Waals surface area contributed by atoms with Crippen molar-refractivity contribution in [2.24, 2.45) is 5.41 Å². The van der Waals surface area contributed by atoms with Gasteiger partial charge in [-0.2, -0.15) is 0 Å². The number of hydrogen-bond acceptors (Lipinski definition) is 4. The third-order valence-corrected chi connectivity index (χ3v) is 5.46. The van der Waals surface area contributed by atoms with Gasteiger partial charge in [0.25, 0.3) is 0 Å². The zero-order valence-corrected chi connectivity index (χ0v) is 17.9.